The predicted octanol–water partition coefficient (Wildman–Crippen LogP) is 26.1. The van der Waals surface area contributed by atoms with Crippen LogP contribution in [0, 0.1) is 124 Å². The molecule has 22 atom stereocenters. The van der Waals surface area contributed by atoms with Crippen molar-refractivity contribution in [1.29, 1.82) is 0 Å². The van der Waals surface area contributed by atoms with Crippen molar-refractivity contribution >= 4 is 103 Å². The molecule has 14 fully saturated rings. The van der Waals surface area contributed by atoms with Crippen LogP contribution in [0.3, 0.4) is 0 Å². The summed E-state index contributed by atoms with van der Waals surface area (Å²) in [5.74, 6) is 24.4. The Balaban J connectivity index is 0.000000318. The highest BCUT2D eigenvalue weighted by Crippen LogP contribution is 2.55. The van der Waals surface area contributed by atoms with Gasteiger partial charge in [0, 0.05) is 106 Å². The van der Waals surface area contributed by atoms with Crippen molar-refractivity contribution < 1.29 is 33.3 Å². The number of amides is 1. The molecule has 0 spiro atoms. The van der Waals surface area contributed by atoms with Crippen LogP contribution in [0.4, 0.5) is 0 Å². The third-order valence-electron chi connectivity index (χ3n) is 35.6. The zero-order valence-corrected chi connectivity index (χ0v) is 106. The van der Waals surface area contributed by atoms with Crippen molar-refractivity contribution in [2.24, 2.45) is 124 Å². The Morgan fingerprint density at radius 2 is 0.620 bits per heavy atom. The molecule has 0 heterocycles. The van der Waals surface area contributed by atoms with Gasteiger partial charge in [-0.05, 0) is 318 Å². The first-order valence-corrected chi connectivity index (χ1v) is 69.5. The molecule has 8 nitrogen and oxygen atoms in total. The van der Waals surface area contributed by atoms with Crippen LogP contribution in [0.25, 0.3) is 0 Å². The number of fused-ring (bicyclic) bond motifs is 14. The first-order chi connectivity index (χ1) is 66.7. The van der Waals surface area contributed by atoms with E-state index >= 15 is 0 Å². The molecular formula is C126H215NO7Si8. The second-order valence-corrected chi connectivity index (χ2v) is 56.7. The van der Waals surface area contributed by atoms with Crippen molar-refractivity contribution in [3.05, 3.63) is 246 Å². The monoisotopic (exact) mass is 2080 g/mol. The quantitative estimate of drug-likeness (QED) is 0.0565. The fourth-order valence-corrected chi connectivity index (χ4v) is 35.3. The van der Waals surface area contributed by atoms with Crippen molar-refractivity contribution in [3.63, 3.8) is 0 Å². The zero-order valence-electron chi connectivity index (χ0n) is 91.0. The minimum Gasteiger partial charge on any atom is -0.469 e. The van der Waals surface area contributed by atoms with E-state index in [1.807, 2.05) is 141 Å². The molecule has 798 valence electrons. The lowest BCUT2D eigenvalue weighted by Crippen LogP contribution is -2.49. The summed E-state index contributed by atoms with van der Waals surface area (Å²) < 4.78 is 19.7. The number of hydrogen-bond donors (Lipinski definition) is 1. The first-order valence-electron chi connectivity index (χ1n) is 56.6. The molecule has 0 radical (unpaired) electrons. The van der Waals surface area contributed by atoms with Crippen LogP contribution in [-0.4, -0.2) is 118 Å². The Morgan fingerprint density at radius 1 is 0.359 bits per heavy atom. The van der Waals surface area contributed by atoms with Crippen LogP contribution in [-0.2, 0) is 65.9 Å². The highest BCUT2D eigenvalue weighted by molar-refractivity contribution is 6.92. The third kappa shape index (κ3) is 46.4. The Labute approximate surface area is 896 Å². The number of aryl methyl sites for hydroxylation is 1. The van der Waals surface area contributed by atoms with E-state index < -0.39 is 8.07 Å². The van der Waals surface area contributed by atoms with Gasteiger partial charge in [-0.25, -0.2) is 0 Å². The van der Waals surface area contributed by atoms with Gasteiger partial charge < -0.3 is 24.3 Å². The summed E-state index contributed by atoms with van der Waals surface area (Å²) >= 11 is 0. The highest BCUT2D eigenvalue weighted by Gasteiger charge is 2.44. The van der Waals surface area contributed by atoms with Gasteiger partial charge in [0.25, 0.3) is 0 Å². The highest BCUT2D eigenvalue weighted by atomic mass is 28.3. The molecule has 142 heavy (non-hydrogen) atoms. The average Bonchev–Trinajstić information content (AvgIpc) is 1.59. The van der Waals surface area contributed by atoms with E-state index in [0.29, 0.717) is 24.6 Å². The molecule has 7 aromatic rings. The Bertz CT molecular complexity index is 3980. The molecule has 0 saturated heterocycles. The number of benzene rings is 7. The molecule has 14 aliphatic carbocycles. The summed E-state index contributed by atoms with van der Waals surface area (Å²) in [7, 11) is 11.9. The molecule has 0 aromatic heterocycles. The molecule has 14 saturated carbocycles. The molecular weight excluding hydrogens is 1860 g/mol. The van der Waals surface area contributed by atoms with Gasteiger partial charge in [0.15, 0.2) is 0 Å². The lowest BCUT2D eigenvalue weighted by Gasteiger charge is -2.37. The number of ether oxygens (including phenoxy) is 4. The van der Waals surface area contributed by atoms with Crippen LogP contribution in [0.1, 0.15) is 311 Å². The van der Waals surface area contributed by atoms with Crippen molar-refractivity contribution in [3.8, 4) is 0 Å². The Hall–Kier alpha value is -5.39. The van der Waals surface area contributed by atoms with Gasteiger partial charge in [0.1, 0.15) is 6.61 Å². The van der Waals surface area contributed by atoms with Crippen molar-refractivity contribution in [2.45, 2.75) is 370 Å². The predicted molar refractivity (Wildman–Crippen MR) is 648 cm³/mol. The van der Waals surface area contributed by atoms with Gasteiger partial charge in [-0.1, -0.05) is 382 Å². The van der Waals surface area contributed by atoms with Gasteiger partial charge in [0.05, 0.1) is 34.3 Å². The zero-order chi connectivity index (χ0) is 99.5. The van der Waals surface area contributed by atoms with Gasteiger partial charge in [-0.2, -0.15) is 0 Å². The molecule has 22 unspecified atom stereocenters. The SMILES string of the molecule is C.C.C.C.CC(=O)NCc1ccccc1.CC(=O)OCc1ccccc1.CC(C)(C)[Si](C)(C)c1ccccc1.CCCc1ccccc1.CCOCc1ccccc1.COC(=O)Cc1ccccc1.COC(C)c1ccccc1.[SiH3]CC1CC2CCC1C2.[SiH3]CC1CC2CCC1C2.[SiH3]CC1CC2CCC1C2.[SiH3]CC1CC2CCC1C2.[SiH3]CC1CC2CCC1C2.[SiH3]CC1CC2CCC1C2.[SiH3]CC1CC2CCC1C2. The molecule has 14 aliphatic rings. The fourth-order valence-electron chi connectivity index (χ4n) is 26.4. The van der Waals surface area contributed by atoms with Crippen LogP contribution in [0.5, 0.6) is 0 Å². The van der Waals surface area contributed by atoms with E-state index in [-0.39, 0.29) is 53.7 Å². The second kappa shape index (κ2) is 72.1. The summed E-state index contributed by atoms with van der Waals surface area (Å²) in [6.45, 7) is 23.6. The van der Waals surface area contributed by atoms with E-state index in [4.69, 9.17) is 14.2 Å². The summed E-state index contributed by atoms with van der Waals surface area (Å²) in [6, 6.07) is 81.9. The summed E-state index contributed by atoms with van der Waals surface area (Å²) in [5.41, 5.74) is 7.04. The average molecular weight is 2080 g/mol. The summed E-state index contributed by atoms with van der Waals surface area (Å²) in [5, 5.41) is 4.72. The van der Waals surface area contributed by atoms with Gasteiger partial charge >= 0.3 is 11.9 Å². The second-order valence-electron chi connectivity index (χ2n) is 45.7. The van der Waals surface area contributed by atoms with E-state index in [9.17, 15) is 14.4 Å². The van der Waals surface area contributed by atoms with E-state index in [1.54, 1.807) is 234 Å². The van der Waals surface area contributed by atoms with Crippen molar-refractivity contribution in [1.82, 2.24) is 5.32 Å². The number of nitrogens with one attached hydrogen (secondary N) is 1. The standard InChI is InChI=1S/C12H20Si.C9H11NO.2C9H10O2.2C9H12O.C9H12.7C8H16Si.4CH4/c1-12(2,3)13(4,5)11-9-7-6-8-10-11;1-8(11)10-7-9-5-3-2-4-6-9;1-11-9(10)7-8-5-3-2-4-6-8;1-8(10)11-7-9-5-3-2-4-6-9;1-8(10-2)9-6-4-3-5-7-9;1-2-10-8-9-6-4-3-5-7-9;1-2-6-9-7-4-3-5-8-9;7*9-5-8-4-6-1-2-7(8)3-6;;;;/h6-10H,1-5H3;2-6H,7H2,1H3,(H,10,11);2*2-6H,7H2,1H3;3-8H,1-2H3;3-7H,2,8H2,1H3;3-5,7-8H,2,6H2,1H3;7*6-8H,1-5H2,9H3;4*1H4. The van der Waals surface area contributed by atoms with Crippen LogP contribution < -0.4 is 10.5 Å². The molecule has 1 N–H and O–H groups in total. The summed E-state index contributed by atoms with van der Waals surface area (Å²) in [4.78, 5) is 31.7. The Morgan fingerprint density at radius 3 is 0.838 bits per heavy atom. The maximum absolute atomic E-state index is 10.8. The lowest BCUT2D eigenvalue weighted by atomic mass is 9.90. The van der Waals surface area contributed by atoms with Gasteiger partial charge in [-0.3, -0.25) is 14.4 Å². The maximum Gasteiger partial charge on any atom is 0.309 e. The van der Waals surface area contributed by atoms with Gasteiger partial charge in [0.2, 0.25) is 5.91 Å². The molecule has 0 aliphatic heterocycles. The minimum atomic E-state index is -1.28. The Kier molecular flexibility index (Phi) is 65.4. The number of hydrogen-bond acceptors (Lipinski definition) is 7. The molecule has 14 bridgehead atoms. The smallest absolute Gasteiger partial charge is 0.309 e. The largest absolute Gasteiger partial charge is 0.469 e. The van der Waals surface area contributed by atoms with Crippen molar-refractivity contribution in [2.75, 3.05) is 20.8 Å². The first kappa shape index (κ1) is 129. The number of methoxy groups -OCH3 is 2. The number of carbonyl (C=O) groups is 3. The van der Waals surface area contributed by atoms with Crippen LogP contribution in [0.2, 0.25) is 60.4 Å². The normalized spacial score (nSPS) is 27.1. The molecule has 16 heteroatoms. The number of carbonyl (C=O) groups excluding carboxylic acids is 3. The van der Waals surface area contributed by atoms with E-state index in [1.165, 1.54) is 246 Å². The fraction of sp³-hybridized carbons (Fsp3) is 0.643. The lowest BCUT2D eigenvalue weighted by molar-refractivity contribution is -0.142. The summed E-state index contributed by atoms with van der Waals surface area (Å²) in [6.07, 6.45) is 47.6. The molecule has 7 aromatic carbocycles. The maximum atomic E-state index is 10.8. The minimum absolute atomic E-state index is 0. The van der Waals surface area contributed by atoms with Crippen LogP contribution >= 0.6 is 0 Å². The molecule has 1 amide bonds. The van der Waals surface area contributed by atoms with Crippen LogP contribution in [0.15, 0.2) is 212 Å². The number of rotatable bonds is 21. The number of esters is 2. The third-order valence-corrected chi connectivity index (χ3v) is 48.5. The molecule has 21 rings (SSSR count). The van der Waals surface area contributed by atoms with Gasteiger partial charge in [-0.15, -0.1) is 0 Å². The topological polar surface area (TPSA) is 100 Å². The van der Waals surface area contributed by atoms with E-state index in [2.05, 4.69) is 136 Å². The van der Waals surface area contributed by atoms with E-state index in [0.717, 1.165) is 29.9 Å².